The van der Waals surface area contributed by atoms with E-state index in [1.807, 2.05) is 30.3 Å². The van der Waals surface area contributed by atoms with Crippen LogP contribution in [-0.4, -0.2) is 0 Å². The first-order chi connectivity index (χ1) is 13.1. The average molecular weight is 362 g/mol. The molecule has 0 spiro atoms. The Morgan fingerprint density at radius 1 is 0.741 bits per heavy atom. The summed E-state index contributed by atoms with van der Waals surface area (Å²) in [4.78, 5) is 0. The van der Waals surface area contributed by atoms with Crippen LogP contribution in [0.1, 0.15) is 23.1 Å². The zero-order valence-corrected chi connectivity index (χ0v) is 14.6. The monoisotopic (exact) mass is 362 g/mol. The molecule has 0 aliphatic carbocycles. The standard InChI is InChI=1S/C24H17F3/c1-2-3-4-17-5-7-18(8-6-17)9-10-19-11-13-20(14-12-19)21-15-22(25)24(27)23(26)16-21/h2,5-8,11-16H,1,3-4H2. The van der Waals surface area contributed by atoms with Crippen LogP contribution in [0.2, 0.25) is 0 Å². The van der Waals surface area contributed by atoms with Gasteiger partial charge < -0.3 is 0 Å². The third-order valence-electron chi connectivity index (χ3n) is 4.14. The highest BCUT2D eigenvalue weighted by molar-refractivity contribution is 5.64. The molecule has 0 N–H and O–H groups in total. The number of benzene rings is 3. The molecular formula is C24H17F3. The van der Waals surface area contributed by atoms with Crippen LogP contribution in [0.15, 0.2) is 73.3 Å². The lowest BCUT2D eigenvalue weighted by Crippen LogP contribution is -1.91. The van der Waals surface area contributed by atoms with Crippen molar-refractivity contribution in [2.45, 2.75) is 12.8 Å². The van der Waals surface area contributed by atoms with E-state index in [9.17, 15) is 13.2 Å². The molecule has 0 nitrogen and oxygen atoms in total. The highest BCUT2D eigenvalue weighted by Crippen LogP contribution is 2.24. The molecule has 3 aromatic rings. The Labute approximate surface area is 157 Å². The summed E-state index contributed by atoms with van der Waals surface area (Å²) < 4.78 is 39.8. The zero-order chi connectivity index (χ0) is 19.2. The van der Waals surface area contributed by atoms with Crippen LogP contribution in [0.25, 0.3) is 11.1 Å². The minimum atomic E-state index is -1.46. The van der Waals surface area contributed by atoms with Crippen molar-refractivity contribution >= 4 is 0 Å². The van der Waals surface area contributed by atoms with Gasteiger partial charge in [0.2, 0.25) is 0 Å². The van der Waals surface area contributed by atoms with Gasteiger partial charge in [0, 0.05) is 11.1 Å². The Balaban J connectivity index is 1.75. The van der Waals surface area contributed by atoms with Crippen LogP contribution in [0, 0.1) is 29.3 Å². The molecule has 3 aromatic carbocycles. The summed E-state index contributed by atoms with van der Waals surface area (Å²) in [5.41, 5.74) is 3.79. The number of hydrogen-bond acceptors (Lipinski definition) is 0. The molecule has 0 aliphatic rings. The third kappa shape index (κ3) is 4.68. The molecule has 0 atom stereocenters. The molecule has 0 saturated carbocycles. The van der Waals surface area contributed by atoms with E-state index in [1.165, 1.54) is 5.56 Å². The fraction of sp³-hybridized carbons (Fsp3) is 0.0833. The molecule has 0 aromatic heterocycles. The van der Waals surface area contributed by atoms with Gasteiger partial charge >= 0.3 is 0 Å². The SMILES string of the molecule is C=CCCc1ccc(C#Cc2ccc(-c3cc(F)c(F)c(F)c3)cc2)cc1. The summed E-state index contributed by atoms with van der Waals surface area (Å²) in [6, 6.07) is 16.9. The van der Waals surface area contributed by atoms with Crippen molar-refractivity contribution < 1.29 is 13.2 Å². The van der Waals surface area contributed by atoms with Gasteiger partial charge in [-0.25, -0.2) is 13.2 Å². The van der Waals surface area contributed by atoms with Crippen molar-refractivity contribution in [2.75, 3.05) is 0 Å². The minimum Gasteiger partial charge on any atom is -0.204 e. The van der Waals surface area contributed by atoms with Crippen LogP contribution in [0.5, 0.6) is 0 Å². The predicted octanol–water partition coefficient (Wildman–Crippen LogP) is 6.29. The van der Waals surface area contributed by atoms with E-state index in [-0.39, 0.29) is 5.56 Å². The first kappa shape index (κ1) is 18.5. The Kier molecular flexibility index (Phi) is 5.78. The molecule has 0 amide bonds. The maximum Gasteiger partial charge on any atom is 0.194 e. The van der Waals surface area contributed by atoms with Crippen LogP contribution in [0.4, 0.5) is 13.2 Å². The Morgan fingerprint density at radius 2 is 1.26 bits per heavy atom. The quantitative estimate of drug-likeness (QED) is 0.291. The maximum absolute atomic E-state index is 13.4. The normalized spacial score (nSPS) is 10.2. The Morgan fingerprint density at radius 3 is 1.78 bits per heavy atom. The predicted molar refractivity (Wildman–Crippen MR) is 103 cm³/mol. The molecule has 134 valence electrons. The molecule has 0 aliphatic heterocycles. The molecule has 0 fully saturated rings. The van der Waals surface area contributed by atoms with Crippen molar-refractivity contribution in [1.29, 1.82) is 0 Å². The van der Waals surface area contributed by atoms with Crippen molar-refractivity contribution in [1.82, 2.24) is 0 Å². The summed E-state index contributed by atoms with van der Waals surface area (Å²) in [6.07, 6.45) is 3.80. The Hall–Kier alpha value is -3.25. The molecule has 0 unspecified atom stereocenters. The van der Waals surface area contributed by atoms with Gasteiger partial charge in [-0.15, -0.1) is 6.58 Å². The van der Waals surface area contributed by atoms with Gasteiger partial charge in [-0.2, -0.15) is 0 Å². The lowest BCUT2D eigenvalue weighted by molar-refractivity contribution is 0.448. The minimum absolute atomic E-state index is 0.279. The van der Waals surface area contributed by atoms with Gasteiger partial charge in [0.15, 0.2) is 17.5 Å². The molecule has 3 rings (SSSR count). The second kappa shape index (κ2) is 8.42. The first-order valence-electron chi connectivity index (χ1n) is 8.53. The van der Waals surface area contributed by atoms with Crippen molar-refractivity contribution in [3.63, 3.8) is 0 Å². The molecule has 0 bridgehead atoms. The topological polar surface area (TPSA) is 0 Å². The fourth-order valence-corrected chi connectivity index (χ4v) is 2.64. The number of hydrogen-bond donors (Lipinski definition) is 0. The van der Waals surface area contributed by atoms with Crippen LogP contribution >= 0.6 is 0 Å². The summed E-state index contributed by atoms with van der Waals surface area (Å²) in [5.74, 6) is 2.28. The van der Waals surface area contributed by atoms with Crippen molar-refractivity contribution in [2.24, 2.45) is 0 Å². The Bertz CT molecular complexity index is 981. The zero-order valence-electron chi connectivity index (χ0n) is 14.6. The van der Waals surface area contributed by atoms with E-state index < -0.39 is 17.5 Å². The van der Waals surface area contributed by atoms with E-state index in [2.05, 4.69) is 18.4 Å². The molecule has 0 heterocycles. The number of halogens is 3. The number of allylic oxidation sites excluding steroid dienone is 1. The largest absolute Gasteiger partial charge is 0.204 e. The van der Waals surface area contributed by atoms with Gasteiger partial charge in [-0.05, 0) is 65.9 Å². The summed E-state index contributed by atoms with van der Waals surface area (Å²) in [5, 5.41) is 0. The van der Waals surface area contributed by atoms with Gasteiger partial charge in [-0.1, -0.05) is 42.2 Å². The number of rotatable bonds is 4. The lowest BCUT2D eigenvalue weighted by atomic mass is 10.0. The molecule has 3 heteroatoms. The lowest BCUT2D eigenvalue weighted by Gasteiger charge is -2.04. The number of aryl methyl sites for hydroxylation is 1. The van der Waals surface area contributed by atoms with E-state index in [4.69, 9.17) is 0 Å². The summed E-state index contributed by atoms with van der Waals surface area (Å²) in [7, 11) is 0. The molecular weight excluding hydrogens is 345 g/mol. The summed E-state index contributed by atoms with van der Waals surface area (Å²) in [6.45, 7) is 3.72. The van der Waals surface area contributed by atoms with E-state index in [0.717, 1.165) is 36.1 Å². The fourth-order valence-electron chi connectivity index (χ4n) is 2.64. The van der Waals surface area contributed by atoms with Crippen LogP contribution < -0.4 is 0 Å². The van der Waals surface area contributed by atoms with E-state index in [1.54, 1.807) is 24.3 Å². The van der Waals surface area contributed by atoms with Crippen LogP contribution in [0.3, 0.4) is 0 Å². The second-order valence-electron chi connectivity index (χ2n) is 6.11. The maximum atomic E-state index is 13.4. The van der Waals surface area contributed by atoms with E-state index in [0.29, 0.717) is 5.56 Å². The van der Waals surface area contributed by atoms with Gasteiger partial charge in [0.25, 0.3) is 0 Å². The highest BCUT2D eigenvalue weighted by atomic mass is 19.2. The molecule has 27 heavy (non-hydrogen) atoms. The van der Waals surface area contributed by atoms with Gasteiger partial charge in [0.1, 0.15) is 0 Å². The average Bonchev–Trinajstić information content (AvgIpc) is 2.69. The van der Waals surface area contributed by atoms with Crippen molar-refractivity contribution in [3.8, 4) is 23.0 Å². The van der Waals surface area contributed by atoms with Crippen molar-refractivity contribution in [3.05, 3.63) is 107 Å². The second-order valence-corrected chi connectivity index (χ2v) is 6.11. The molecule has 0 saturated heterocycles. The summed E-state index contributed by atoms with van der Waals surface area (Å²) >= 11 is 0. The molecule has 0 radical (unpaired) electrons. The smallest absolute Gasteiger partial charge is 0.194 e. The highest BCUT2D eigenvalue weighted by Gasteiger charge is 2.11. The first-order valence-corrected chi connectivity index (χ1v) is 8.53. The van der Waals surface area contributed by atoms with Gasteiger partial charge in [0.05, 0.1) is 0 Å². The van der Waals surface area contributed by atoms with Gasteiger partial charge in [-0.3, -0.25) is 0 Å². The van der Waals surface area contributed by atoms with Crippen LogP contribution in [-0.2, 0) is 6.42 Å². The van der Waals surface area contributed by atoms with E-state index >= 15 is 0 Å². The third-order valence-corrected chi connectivity index (χ3v) is 4.14.